The predicted molar refractivity (Wildman–Crippen MR) is 119 cm³/mol. The van der Waals surface area contributed by atoms with Crippen molar-refractivity contribution in [3.05, 3.63) is 69.0 Å². The Labute approximate surface area is 181 Å². The largest absolute Gasteiger partial charge is 0.494 e. The van der Waals surface area contributed by atoms with E-state index in [1.165, 1.54) is 18.4 Å². The van der Waals surface area contributed by atoms with Crippen molar-refractivity contribution in [1.29, 1.82) is 0 Å². The van der Waals surface area contributed by atoms with Gasteiger partial charge < -0.3 is 14.8 Å². The smallest absolute Gasteiger partial charge is 0.341 e. The van der Waals surface area contributed by atoms with Crippen molar-refractivity contribution >= 4 is 44.1 Å². The summed E-state index contributed by atoms with van der Waals surface area (Å²) >= 11 is 4.71. The molecule has 0 aliphatic carbocycles. The quantitative estimate of drug-likeness (QED) is 0.451. The van der Waals surface area contributed by atoms with Crippen molar-refractivity contribution in [2.45, 2.75) is 13.8 Å². The highest BCUT2D eigenvalue weighted by Crippen LogP contribution is 2.41. The van der Waals surface area contributed by atoms with Crippen LogP contribution in [0.2, 0.25) is 0 Å². The average Bonchev–Trinajstić information content (AvgIpc) is 3.03. The molecule has 0 bridgehead atoms. The molecule has 150 valence electrons. The molecule has 0 saturated heterocycles. The summed E-state index contributed by atoms with van der Waals surface area (Å²) in [6.07, 6.45) is 0. The lowest BCUT2D eigenvalue weighted by atomic mass is 10.0. The van der Waals surface area contributed by atoms with Crippen molar-refractivity contribution in [3.8, 4) is 16.9 Å². The number of hydrogen-bond donors (Lipinski definition) is 1. The van der Waals surface area contributed by atoms with Gasteiger partial charge in [0, 0.05) is 20.5 Å². The van der Waals surface area contributed by atoms with Gasteiger partial charge in [0.1, 0.15) is 16.3 Å². The first kappa shape index (κ1) is 21.1. The molecular weight excluding hydrogens is 454 g/mol. The molecule has 5 nitrogen and oxygen atoms in total. The molecule has 1 amide bonds. The van der Waals surface area contributed by atoms with Gasteiger partial charge in [0.05, 0.1) is 13.7 Å². The fourth-order valence-corrected chi connectivity index (χ4v) is 4.43. The molecule has 1 N–H and O–H groups in total. The Morgan fingerprint density at radius 2 is 1.86 bits per heavy atom. The van der Waals surface area contributed by atoms with Gasteiger partial charge in [-0.1, -0.05) is 34.1 Å². The third kappa shape index (κ3) is 4.68. The van der Waals surface area contributed by atoms with Gasteiger partial charge in [-0.15, -0.1) is 11.3 Å². The van der Waals surface area contributed by atoms with Crippen LogP contribution in [0.25, 0.3) is 11.1 Å². The summed E-state index contributed by atoms with van der Waals surface area (Å²) in [7, 11) is 1.33. The number of amides is 1. The lowest BCUT2D eigenvalue weighted by Crippen LogP contribution is -2.14. The molecule has 0 spiro atoms. The van der Waals surface area contributed by atoms with Crippen LogP contribution in [0, 0.1) is 6.92 Å². The molecule has 0 atom stereocenters. The van der Waals surface area contributed by atoms with Crippen LogP contribution in [0.3, 0.4) is 0 Å². The van der Waals surface area contributed by atoms with Crippen LogP contribution in [0.5, 0.6) is 5.75 Å². The summed E-state index contributed by atoms with van der Waals surface area (Å²) in [5.74, 6) is -0.0364. The van der Waals surface area contributed by atoms with E-state index in [1.807, 2.05) is 44.2 Å². The Morgan fingerprint density at radius 3 is 2.48 bits per heavy atom. The highest BCUT2D eigenvalue weighted by Gasteiger charge is 2.25. The lowest BCUT2D eigenvalue weighted by molar-refractivity contribution is 0.0603. The van der Waals surface area contributed by atoms with E-state index in [0.717, 1.165) is 26.2 Å². The number of ether oxygens (including phenoxy) is 2. The Morgan fingerprint density at radius 1 is 1.14 bits per heavy atom. The second-order valence-electron chi connectivity index (χ2n) is 6.15. The minimum atomic E-state index is -0.497. The Balaban J connectivity index is 2.01. The normalized spacial score (nSPS) is 10.5. The van der Waals surface area contributed by atoms with Gasteiger partial charge in [0.2, 0.25) is 0 Å². The number of anilines is 1. The second-order valence-corrected chi connectivity index (χ2v) is 8.29. The van der Waals surface area contributed by atoms with Gasteiger partial charge in [0.25, 0.3) is 5.91 Å². The average molecular weight is 474 g/mol. The maximum absolute atomic E-state index is 12.7. The molecule has 7 heteroatoms. The van der Waals surface area contributed by atoms with Gasteiger partial charge in [-0.05, 0) is 49.7 Å². The van der Waals surface area contributed by atoms with Crippen molar-refractivity contribution in [3.63, 3.8) is 0 Å². The first-order valence-electron chi connectivity index (χ1n) is 8.96. The van der Waals surface area contributed by atoms with E-state index < -0.39 is 5.97 Å². The summed E-state index contributed by atoms with van der Waals surface area (Å²) in [6, 6.07) is 14.6. The molecule has 1 heterocycles. The zero-order chi connectivity index (χ0) is 21.0. The Hall–Kier alpha value is -2.64. The van der Waals surface area contributed by atoms with Crippen molar-refractivity contribution in [2.75, 3.05) is 19.0 Å². The number of methoxy groups -OCH3 is 1. The minimum absolute atomic E-state index is 0.295. The molecule has 0 unspecified atom stereocenters. The summed E-state index contributed by atoms with van der Waals surface area (Å²) in [6.45, 7) is 4.42. The monoisotopic (exact) mass is 473 g/mol. The van der Waals surface area contributed by atoms with Crippen LogP contribution in [-0.2, 0) is 4.74 Å². The van der Waals surface area contributed by atoms with Gasteiger partial charge in [0.15, 0.2) is 0 Å². The molecule has 0 aliphatic rings. The van der Waals surface area contributed by atoms with E-state index in [2.05, 4.69) is 21.2 Å². The van der Waals surface area contributed by atoms with Crippen LogP contribution in [0.1, 0.15) is 32.5 Å². The number of carbonyl (C=O) groups excluding carboxylic acids is 2. The maximum Gasteiger partial charge on any atom is 0.341 e. The van der Waals surface area contributed by atoms with E-state index >= 15 is 0 Å². The van der Waals surface area contributed by atoms with E-state index in [1.54, 1.807) is 18.2 Å². The SMILES string of the molecule is CCOc1ccc(-c2c(C)sc(NC(=O)c3cccc(Br)c3)c2C(=O)OC)cc1. The van der Waals surface area contributed by atoms with Crippen molar-refractivity contribution < 1.29 is 19.1 Å². The molecule has 0 aliphatic heterocycles. The zero-order valence-electron chi connectivity index (χ0n) is 16.2. The second kappa shape index (κ2) is 9.24. The number of aryl methyl sites for hydroxylation is 1. The summed E-state index contributed by atoms with van der Waals surface area (Å²) < 4.78 is 11.3. The summed E-state index contributed by atoms with van der Waals surface area (Å²) in [5.41, 5.74) is 2.44. The molecule has 3 rings (SSSR count). The first-order valence-corrected chi connectivity index (χ1v) is 10.6. The van der Waals surface area contributed by atoms with Gasteiger partial charge in [-0.2, -0.15) is 0 Å². The van der Waals surface area contributed by atoms with E-state index in [0.29, 0.717) is 22.7 Å². The molecule has 29 heavy (non-hydrogen) atoms. The summed E-state index contributed by atoms with van der Waals surface area (Å²) in [5, 5.41) is 3.33. The number of nitrogens with one attached hydrogen (secondary N) is 1. The third-order valence-corrected chi connectivity index (χ3v) is 5.76. The van der Waals surface area contributed by atoms with Gasteiger partial charge in [-0.25, -0.2) is 4.79 Å². The molecule has 3 aromatic rings. The van der Waals surface area contributed by atoms with Gasteiger partial charge in [-0.3, -0.25) is 4.79 Å². The molecule has 1 aromatic heterocycles. The maximum atomic E-state index is 12.7. The number of hydrogen-bond acceptors (Lipinski definition) is 5. The van der Waals surface area contributed by atoms with Crippen LogP contribution in [0.15, 0.2) is 53.0 Å². The number of thiophene rings is 1. The van der Waals surface area contributed by atoms with Crippen LogP contribution < -0.4 is 10.1 Å². The van der Waals surface area contributed by atoms with E-state index in [9.17, 15) is 9.59 Å². The topological polar surface area (TPSA) is 64.6 Å². The Kier molecular flexibility index (Phi) is 6.71. The van der Waals surface area contributed by atoms with Crippen molar-refractivity contribution in [1.82, 2.24) is 0 Å². The number of carbonyl (C=O) groups is 2. The standard InChI is InChI=1S/C22H20BrNO4S/c1-4-28-17-10-8-14(9-11-17)18-13(2)29-21(19(18)22(26)27-3)24-20(25)15-6-5-7-16(23)12-15/h5-12H,4H2,1-3H3,(H,24,25). The van der Waals surface area contributed by atoms with Crippen LogP contribution >= 0.6 is 27.3 Å². The van der Waals surface area contributed by atoms with Crippen LogP contribution in [-0.4, -0.2) is 25.6 Å². The molecule has 0 fully saturated rings. The fraction of sp³-hybridized carbons (Fsp3) is 0.182. The van der Waals surface area contributed by atoms with Crippen molar-refractivity contribution in [2.24, 2.45) is 0 Å². The highest BCUT2D eigenvalue weighted by molar-refractivity contribution is 9.10. The first-order chi connectivity index (χ1) is 13.9. The summed E-state index contributed by atoms with van der Waals surface area (Å²) in [4.78, 5) is 26.2. The molecule has 2 aromatic carbocycles. The molecular formula is C22H20BrNO4S. The zero-order valence-corrected chi connectivity index (χ0v) is 18.6. The molecule has 0 radical (unpaired) electrons. The number of benzene rings is 2. The fourth-order valence-electron chi connectivity index (χ4n) is 2.97. The highest BCUT2D eigenvalue weighted by atomic mass is 79.9. The van der Waals surface area contributed by atoms with E-state index in [4.69, 9.17) is 9.47 Å². The van der Waals surface area contributed by atoms with Crippen LogP contribution in [0.4, 0.5) is 5.00 Å². The Bertz CT molecular complexity index is 1040. The predicted octanol–water partition coefficient (Wildman–Crippen LogP) is 5.92. The third-order valence-electron chi connectivity index (χ3n) is 4.24. The van der Waals surface area contributed by atoms with E-state index in [-0.39, 0.29) is 5.91 Å². The molecule has 0 saturated carbocycles. The number of halogens is 1. The number of esters is 1. The van der Waals surface area contributed by atoms with Gasteiger partial charge >= 0.3 is 5.97 Å². The number of rotatable bonds is 6. The minimum Gasteiger partial charge on any atom is -0.494 e. The lowest BCUT2D eigenvalue weighted by Gasteiger charge is -2.09.